The number of benzene rings is 1. The van der Waals surface area contributed by atoms with Gasteiger partial charge in [0.15, 0.2) is 6.54 Å². The van der Waals surface area contributed by atoms with Crippen molar-refractivity contribution in [3.63, 3.8) is 0 Å². The molecule has 0 bridgehead atoms. The van der Waals surface area contributed by atoms with Crippen LogP contribution in [0, 0.1) is 12.8 Å². The van der Waals surface area contributed by atoms with Crippen molar-refractivity contribution in [1.82, 2.24) is 5.32 Å². The Labute approximate surface area is 133 Å². The minimum absolute atomic E-state index is 0.221. The Morgan fingerprint density at radius 1 is 1.32 bits per heavy atom. The summed E-state index contributed by atoms with van der Waals surface area (Å²) in [5.41, 5.74) is 2.68. The van der Waals surface area contributed by atoms with Gasteiger partial charge in [-0.1, -0.05) is 18.2 Å². The van der Waals surface area contributed by atoms with Crippen LogP contribution in [-0.4, -0.2) is 44.7 Å². The van der Waals surface area contributed by atoms with Crippen molar-refractivity contribution in [1.29, 1.82) is 0 Å². The lowest BCUT2D eigenvalue weighted by Gasteiger charge is -2.34. The Kier molecular flexibility index (Phi) is 4.67. The van der Waals surface area contributed by atoms with Gasteiger partial charge < -0.3 is 15.1 Å². The molecule has 1 saturated carbocycles. The largest absolute Gasteiger partial charge is 0.360 e. The lowest BCUT2D eigenvalue weighted by atomic mass is 10.1. The molecule has 1 saturated heterocycles. The SMILES string of the molecule is Cc1ccccc1N1CC[NH+](CC(=O)N[C@@H](C)C2CC2)CC1. The van der Waals surface area contributed by atoms with Crippen molar-refractivity contribution in [2.45, 2.75) is 32.7 Å². The predicted molar refractivity (Wildman–Crippen MR) is 89.3 cm³/mol. The Hall–Kier alpha value is -1.55. The molecule has 1 aliphatic heterocycles. The summed E-state index contributed by atoms with van der Waals surface area (Å²) in [6, 6.07) is 8.92. The lowest BCUT2D eigenvalue weighted by Crippen LogP contribution is -3.16. The number of hydrogen-bond donors (Lipinski definition) is 2. The third kappa shape index (κ3) is 3.80. The van der Waals surface area contributed by atoms with E-state index in [9.17, 15) is 4.79 Å². The lowest BCUT2D eigenvalue weighted by molar-refractivity contribution is -0.892. The van der Waals surface area contributed by atoms with Crippen molar-refractivity contribution >= 4 is 11.6 Å². The van der Waals surface area contributed by atoms with Gasteiger partial charge in [0.1, 0.15) is 0 Å². The van der Waals surface area contributed by atoms with E-state index >= 15 is 0 Å². The minimum Gasteiger partial charge on any atom is -0.360 e. The van der Waals surface area contributed by atoms with Crippen LogP contribution in [0.4, 0.5) is 5.69 Å². The number of aryl methyl sites for hydroxylation is 1. The van der Waals surface area contributed by atoms with Crippen LogP contribution in [0.5, 0.6) is 0 Å². The van der Waals surface area contributed by atoms with E-state index in [4.69, 9.17) is 0 Å². The topological polar surface area (TPSA) is 36.8 Å². The smallest absolute Gasteiger partial charge is 0.275 e. The van der Waals surface area contributed by atoms with Gasteiger partial charge in [-0.25, -0.2) is 0 Å². The standard InChI is InChI=1S/C18H27N3O/c1-14-5-3-4-6-17(14)21-11-9-20(10-12-21)13-18(22)19-15(2)16-7-8-16/h3-6,15-16H,7-13H2,1-2H3,(H,19,22)/p+1/t15-/m0/s1. The second-order valence-corrected chi connectivity index (χ2v) is 6.89. The normalized spacial score (nSPS) is 20.7. The van der Waals surface area contributed by atoms with Crippen molar-refractivity contribution in [2.24, 2.45) is 5.92 Å². The summed E-state index contributed by atoms with van der Waals surface area (Å²) in [5, 5.41) is 3.17. The quantitative estimate of drug-likeness (QED) is 0.836. The summed E-state index contributed by atoms with van der Waals surface area (Å²) in [4.78, 5) is 16.0. The summed E-state index contributed by atoms with van der Waals surface area (Å²) in [6.07, 6.45) is 2.56. The number of piperazine rings is 1. The third-order valence-corrected chi connectivity index (χ3v) is 5.06. The zero-order valence-corrected chi connectivity index (χ0v) is 13.8. The molecule has 1 aliphatic carbocycles. The highest BCUT2D eigenvalue weighted by atomic mass is 16.2. The van der Waals surface area contributed by atoms with Crippen LogP contribution in [0.3, 0.4) is 0 Å². The fraction of sp³-hybridized carbons (Fsp3) is 0.611. The van der Waals surface area contributed by atoms with Gasteiger partial charge in [-0.2, -0.15) is 0 Å². The molecule has 1 amide bonds. The molecule has 2 aliphatic rings. The zero-order chi connectivity index (χ0) is 15.5. The summed E-state index contributed by atoms with van der Waals surface area (Å²) in [6.45, 7) is 9.08. The number of amides is 1. The second-order valence-electron chi connectivity index (χ2n) is 6.89. The third-order valence-electron chi connectivity index (χ3n) is 5.06. The van der Waals surface area contributed by atoms with Crippen molar-refractivity contribution < 1.29 is 9.69 Å². The molecule has 4 heteroatoms. The first-order chi connectivity index (χ1) is 10.6. The predicted octanol–water partition coefficient (Wildman–Crippen LogP) is 0.615. The average Bonchev–Trinajstić information content (AvgIpc) is 3.33. The molecule has 0 aromatic heterocycles. The van der Waals surface area contributed by atoms with Gasteiger partial charge in [0.2, 0.25) is 0 Å². The van der Waals surface area contributed by atoms with Crippen LogP contribution in [0.25, 0.3) is 0 Å². The van der Waals surface area contributed by atoms with Crippen LogP contribution < -0.4 is 15.1 Å². The van der Waals surface area contributed by atoms with E-state index in [0.717, 1.165) is 32.1 Å². The second kappa shape index (κ2) is 6.69. The van der Waals surface area contributed by atoms with Crippen LogP contribution in [-0.2, 0) is 4.79 Å². The van der Waals surface area contributed by atoms with Crippen molar-refractivity contribution in [2.75, 3.05) is 37.6 Å². The highest BCUT2D eigenvalue weighted by molar-refractivity contribution is 5.77. The van der Waals surface area contributed by atoms with E-state index < -0.39 is 0 Å². The van der Waals surface area contributed by atoms with Gasteiger partial charge in [-0.05, 0) is 44.2 Å². The van der Waals surface area contributed by atoms with E-state index in [2.05, 4.69) is 48.3 Å². The molecular weight excluding hydrogens is 274 g/mol. The summed E-state index contributed by atoms with van der Waals surface area (Å²) < 4.78 is 0. The number of para-hydroxylation sites is 1. The maximum Gasteiger partial charge on any atom is 0.275 e. The van der Waals surface area contributed by atoms with Crippen LogP contribution in [0.1, 0.15) is 25.3 Å². The van der Waals surface area contributed by atoms with Crippen molar-refractivity contribution in [3.05, 3.63) is 29.8 Å². The molecule has 3 rings (SSSR count). The van der Waals surface area contributed by atoms with E-state index in [1.165, 1.54) is 29.0 Å². The van der Waals surface area contributed by atoms with Crippen LogP contribution in [0.15, 0.2) is 24.3 Å². The number of hydrogen-bond acceptors (Lipinski definition) is 2. The first-order valence-corrected chi connectivity index (χ1v) is 8.57. The highest BCUT2D eigenvalue weighted by Gasteiger charge is 2.30. The number of anilines is 1. The van der Waals surface area contributed by atoms with Crippen molar-refractivity contribution in [3.8, 4) is 0 Å². The maximum atomic E-state index is 12.1. The molecule has 120 valence electrons. The van der Waals surface area contributed by atoms with E-state index in [1.54, 1.807) is 0 Å². The molecule has 4 nitrogen and oxygen atoms in total. The van der Waals surface area contributed by atoms with Gasteiger partial charge >= 0.3 is 0 Å². The number of rotatable bonds is 5. The molecule has 2 fully saturated rings. The molecule has 0 spiro atoms. The van der Waals surface area contributed by atoms with Gasteiger partial charge in [-0.15, -0.1) is 0 Å². The molecule has 1 aromatic rings. The Bertz CT molecular complexity index is 519. The molecule has 1 heterocycles. The Morgan fingerprint density at radius 2 is 2.00 bits per heavy atom. The maximum absolute atomic E-state index is 12.1. The molecule has 22 heavy (non-hydrogen) atoms. The summed E-state index contributed by atoms with van der Waals surface area (Å²) in [7, 11) is 0. The fourth-order valence-electron chi connectivity index (χ4n) is 3.40. The number of nitrogens with one attached hydrogen (secondary N) is 2. The van der Waals surface area contributed by atoms with Gasteiger partial charge in [0, 0.05) is 11.7 Å². The van der Waals surface area contributed by atoms with E-state index in [0.29, 0.717) is 12.6 Å². The summed E-state index contributed by atoms with van der Waals surface area (Å²) in [5.74, 6) is 0.954. The molecule has 0 radical (unpaired) electrons. The van der Waals surface area contributed by atoms with E-state index in [1.807, 2.05) is 0 Å². The highest BCUT2D eigenvalue weighted by Crippen LogP contribution is 2.32. The Morgan fingerprint density at radius 3 is 2.64 bits per heavy atom. The minimum atomic E-state index is 0.221. The summed E-state index contributed by atoms with van der Waals surface area (Å²) >= 11 is 0. The van der Waals surface area contributed by atoms with Gasteiger partial charge in [0.25, 0.3) is 5.91 Å². The number of carbonyl (C=O) groups is 1. The van der Waals surface area contributed by atoms with Gasteiger partial charge in [-0.3, -0.25) is 4.79 Å². The number of quaternary nitrogens is 1. The molecule has 1 aromatic carbocycles. The molecule has 0 unspecified atom stereocenters. The average molecular weight is 302 g/mol. The Balaban J connectivity index is 1.45. The number of nitrogens with zero attached hydrogens (tertiary/aromatic N) is 1. The molecule has 1 atom stereocenters. The molecular formula is C18H28N3O+. The first-order valence-electron chi connectivity index (χ1n) is 8.57. The molecule has 2 N–H and O–H groups in total. The zero-order valence-electron chi connectivity index (χ0n) is 13.8. The van der Waals surface area contributed by atoms with Gasteiger partial charge in [0.05, 0.1) is 26.2 Å². The first kappa shape index (κ1) is 15.3. The van der Waals surface area contributed by atoms with Crippen LogP contribution in [0.2, 0.25) is 0 Å². The van der Waals surface area contributed by atoms with Crippen LogP contribution >= 0.6 is 0 Å². The number of carbonyl (C=O) groups excluding carboxylic acids is 1. The fourth-order valence-corrected chi connectivity index (χ4v) is 3.40. The monoisotopic (exact) mass is 302 g/mol. The van der Waals surface area contributed by atoms with E-state index in [-0.39, 0.29) is 5.91 Å².